The lowest BCUT2D eigenvalue weighted by Crippen LogP contribution is -2.18. The average Bonchev–Trinajstić information content (AvgIpc) is 3.31. The van der Waals surface area contributed by atoms with Crippen LogP contribution < -0.4 is 5.01 Å². The van der Waals surface area contributed by atoms with Crippen LogP contribution in [0.1, 0.15) is 28.5 Å². The zero-order chi connectivity index (χ0) is 19.0. The fraction of sp³-hybridized carbons (Fsp3) is 0.150. The maximum Gasteiger partial charge on any atom is 0.416 e. The maximum atomic E-state index is 13.2. The summed E-state index contributed by atoms with van der Waals surface area (Å²) in [6.45, 7) is 0. The van der Waals surface area contributed by atoms with Crippen molar-refractivity contribution >= 4 is 22.7 Å². The molecule has 0 amide bonds. The third-order valence-corrected chi connectivity index (χ3v) is 5.37. The summed E-state index contributed by atoms with van der Waals surface area (Å²) in [5.41, 5.74) is 1.13. The quantitative estimate of drug-likeness (QED) is 0.482. The van der Waals surface area contributed by atoms with Crippen LogP contribution in [0, 0.1) is 5.82 Å². The van der Waals surface area contributed by atoms with Gasteiger partial charge in [-0.15, -0.1) is 11.3 Å². The van der Waals surface area contributed by atoms with E-state index in [2.05, 4.69) is 5.10 Å². The molecule has 0 aliphatic carbocycles. The molecule has 0 N–H and O–H groups in total. The number of nitrogens with zero attached hydrogens (tertiary/aromatic N) is 2. The molecular formula is C20H14F4N2S. The number of alkyl halides is 3. The van der Waals surface area contributed by atoms with E-state index in [1.807, 2.05) is 17.5 Å². The molecule has 1 atom stereocenters. The molecule has 0 radical (unpaired) electrons. The second kappa shape index (κ2) is 6.81. The molecule has 2 nitrogen and oxygen atoms in total. The van der Waals surface area contributed by atoms with Gasteiger partial charge in [-0.2, -0.15) is 18.3 Å². The summed E-state index contributed by atoms with van der Waals surface area (Å²) in [6.07, 6.45) is -3.89. The predicted octanol–water partition coefficient (Wildman–Crippen LogP) is 6.26. The second-order valence-corrected chi connectivity index (χ2v) is 7.16. The zero-order valence-electron chi connectivity index (χ0n) is 13.9. The lowest BCUT2D eigenvalue weighted by molar-refractivity contribution is -0.137. The van der Waals surface area contributed by atoms with Crippen molar-refractivity contribution in [2.24, 2.45) is 5.10 Å². The number of hydrogen-bond donors (Lipinski definition) is 0. The Hall–Kier alpha value is -2.67. The van der Waals surface area contributed by atoms with Crippen LogP contribution in [0.25, 0.3) is 0 Å². The Bertz CT molecular complexity index is 962. The van der Waals surface area contributed by atoms with Gasteiger partial charge in [-0.25, -0.2) is 4.39 Å². The third kappa shape index (κ3) is 3.60. The fourth-order valence-electron chi connectivity index (χ4n) is 3.09. The van der Waals surface area contributed by atoms with E-state index in [4.69, 9.17) is 0 Å². The minimum atomic E-state index is -4.42. The Balaban J connectivity index is 1.76. The summed E-state index contributed by atoms with van der Waals surface area (Å²) in [4.78, 5) is 1.01. The first kappa shape index (κ1) is 17.7. The summed E-state index contributed by atoms with van der Waals surface area (Å²) < 4.78 is 52.6. The van der Waals surface area contributed by atoms with Crippen LogP contribution >= 0.6 is 11.3 Å². The molecule has 27 heavy (non-hydrogen) atoms. The van der Waals surface area contributed by atoms with Crippen LogP contribution in [0.15, 0.2) is 71.1 Å². The summed E-state index contributed by atoms with van der Waals surface area (Å²) in [5.74, 6) is -0.345. The van der Waals surface area contributed by atoms with Gasteiger partial charge in [-0.05, 0) is 47.3 Å². The van der Waals surface area contributed by atoms with Crippen molar-refractivity contribution in [1.82, 2.24) is 0 Å². The van der Waals surface area contributed by atoms with E-state index in [1.165, 1.54) is 29.5 Å². The van der Waals surface area contributed by atoms with Gasteiger partial charge in [0.05, 0.1) is 23.0 Å². The normalized spacial score (nSPS) is 17.3. The van der Waals surface area contributed by atoms with E-state index in [0.29, 0.717) is 17.8 Å². The molecule has 0 bridgehead atoms. The standard InChI is InChI=1S/C20H14F4N2S/c21-15-8-6-13(7-9-15)17-12-18(19-5-2-10-27-19)26(25-17)16-4-1-3-14(11-16)20(22,23)24/h1-11,18H,12H2/t18-/m1/s1. The smallest absolute Gasteiger partial charge is 0.257 e. The number of hydrogen-bond acceptors (Lipinski definition) is 3. The summed E-state index contributed by atoms with van der Waals surface area (Å²) in [5, 5.41) is 8.14. The van der Waals surface area contributed by atoms with E-state index in [9.17, 15) is 17.6 Å². The molecule has 4 rings (SSSR count). The number of halogens is 4. The maximum absolute atomic E-state index is 13.2. The van der Waals surface area contributed by atoms with Crippen molar-refractivity contribution in [1.29, 1.82) is 0 Å². The number of anilines is 1. The van der Waals surface area contributed by atoms with Gasteiger partial charge in [-0.3, -0.25) is 5.01 Å². The Morgan fingerprint density at radius 2 is 1.78 bits per heavy atom. The second-order valence-electron chi connectivity index (χ2n) is 6.18. The minimum absolute atomic E-state index is 0.200. The zero-order valence-corrected chi connectivity index (χ0v) is 14.8. The predicted molar refractivity (Wildman–Crippen MR) is 98.5 cm³/mol. The van der Waals surface area contributed by atoms with Gasteiger partial charge in [0.25, 0.3) is 0 Å². The van der Waals surface area contributed by atoms with Crippen LogP contribution in [-0.4, -0.2) is 5.71 Å². The molecule has 0 spiro atoms. The van der Waals surface area contributed by atoms with E-state index in [0.717, 1.165) is 22.6 Å². The van der Waals surface area contributed by atoms with Crippen molar-refractivity contribution in [3.05, 3.63) is 87.9 Å². The first-order chi connectivity index (χ1) is 12.9. The van der Waals surface area contributed by atoms with Crippen molar-refractivity contribution in [3.8, 4) is 0 Å². The number of rotatable bonds is 3. The highest BCUT2D eigenvalue weighted by atomic mass is 32.1. The molecule has 0 saturated heterocycles. The highest BCUT2D eigenvalue weighted by molar-refractivity contribution is 7.10. The van der Waals surface area contributed by atoms with Crippen LogP contribution in [0.2, 0.25) is 0 Å². The van der Waals surface area contributed by atoms with E-state index >= 15 is 0 Å². The summed E-state index contributed by atoms with van der Waals surface area (Å²) in [6, 6.07) is 14.8. The topological polar surface area (TPSA) is 15.6 Å². The average molecular weight is 390 g/mol. The van der Waals surface area contributed by atoms with Crippen molar-refractivity contribution in [3.63, 3.8) is 0 Å². The van der Waals surface area contributed by atoms with Gasteiger partial charge < -0.3 is 0 Å². The molecule has 2 heterocycles. The minimum Gasteiger partial charge on any atom is -0.257 e. The number of hydrazone groups is 1. The molecule has 0 fully saturated rings. The lowest BCUT2D eigenvalue weighted by atomic mass is 10.0. The third-order valence-electron chi connectivity index (χ3n) is 4.40. The summed E-state index contributed by atoms with van der Waals surface area (Å²) in [7, 11) is 0. The van der Waals surface area contributed by atoms with Gasteiger partial charge in [-0.1, -0.05) is 24.3 Å². The first-order valence-electron chi connectivity index (χ1n) is 8.25. The summed E-state index contributed by atoms with van der Waals surface area (Å²) >= 11 is 1.53. The van der Waals surface area contributed by atoms with E-state index < -0.39 is 11.7 Å². The Morgan fingerprint density at radius 1 is 1.00 bits per heavy atom. The lowest BCUT2D eigenvalue weighted by Gasteiger charge is -2.23. The molecular weight excluding hydrogens is 376 g/mol. The molecule has 0 saturated carbocycles. The molecule has 0 unspecified atom stereocenters. The van der Waals surface area contributed by atoms with E-state index in [1.54, 1.807) is 23.2 Å². The van der Waals surface area contributed by atoms with Gasteiger partial charge in [0.1, 0.15) is 5.82 Å². The molecule has 2 aromatic carbocycles. The van der Waals surface area contributed by atoms with Crippen LogP contribution in [0.4, 0.5) is 23.2 Å². The molecule has 138 valence electrons. The Kier molecular flexibility index (Phi) is 4.47. The SMILES string of the molecule is Fc1ccc(C2=NN(c3cccc(C(F)(F)F)c3)[C@@H](c3cccs3)C2)cc1. The van der Waals surface area contributed by atoms with Crippen molar-refractivity contribution < 1.29 is 17.6 Å². The highest BCUT2D eigenvalue weighted by Crippen LogP contribution is 2.40. The molecule has 1 aliphatic rings. The van der Waals surface area contributed by atoms with Crippen LogP contribution in [0.5, 0.6) is 0 Å². The monoisotopic (exact) mass is 390 g/mol. The van der Waals surface area contributed by atoms with Gasteiger partial charge in [0.2, 0.25) is 0 Å². The molecule has 3 aromatic rings. The Morgan fingerprint density at radius 3 is 2.44 bits per heavy atom. The molecule has 7 heteroatoms. The van der Waals surface area contributed by atoms with Crippen molar-refractivity contribution in [2.45, 2.75) is 18.6 Å². The van der Waals surface area contributed by atoms with Gasteiger partial charge >= 0.3 is 6.18 Å². The molecule has 1 aliphatic heterocycles. The Labute approximate surface area is 157 Å². The fourth-order valence-corrected chi connectivity index (χ4v) is 3.90. The van der Waals surface area contributed by atoms with Crippen LogP contribution in [-0.2, 0) is 6.18 Å². The van der Waals surface area contributed by atoms with E-state index in [-0.39, 0.29) is 11.9 Å². The number of benzene rings is 2. The van der Waals surface area contributed by atoms with Gasteiger partial charge in [0, 0.05) is 11.3 Å². The van der Waals surface area contributed by atoms with Crippen LogP contribution in [0.3, 0.4) is 0 Å². The largest absolute Gasteiger partial charge is 0.416 e. The highest BCUT2D eigenvalue weighted by Gasteiger charge is 2.34. The first-order valence-corrected chi connectivity index (χ1v) is 9.13. The number of thiophene rings is 1. The van der Waals surface area contributed by atoms with Crippen molar-refractivity contribution in [2.75, 3.05) is 5.01 Å². The molecule has 1 aromatic heterocycles. The van der Waals surface area contributed by atoms with Gasteiger partial charge in [0.15, 0.2) is 0 Å².